The maximum Gasteiger partial charge on any atom is 0.291 e. The van der Waals surface area contributed by atoms with Crippen molar-refractivity contribution in [2.75, 3.05) is 7.11 Å². The molecule has 172 valence electrons. The van der Waals surface area contributed by atoms with Crippen LogP contribution in [-0.2, 0) is 13.0 Å². The van der Waals surface area contributed by atoms with Crippen LogP contribution in [0.4, 0.5) is 0 Å². The van der Waals surface area contributed by atoms with E-state index in [-0.39, 0.29) is 17.1 Å². The number of hydrogen-bond donors (Lipinski definition) is 0. The number of rotatable bonds is 5. The predicted molar refractivity (Wildman–Crippen MR) is 132 cm³/mol. The van der Waals surface area contributed by atoms with Crippen molar-refractivity contribution in [2.45, 2.75) is 39.8 Å². The zero-order valence-electron chi connectivity index (χ0n) is 19.8. The zero-order chi connectivity index (χ0) is 24.0. The van der Waals surface area contributed by atoms with Crippen LogP contribution in [0, 0.1) is 13.8 Å². The molecule has 0 aliphatic carbocycles. The second kappa shape index (κ2) is 8.49. The van der Waals surface area contributed by atoms with Crippen molar-refractivity contribution < 1.29 is 13.9 Å². The van der Waals surface area contributed by atoms with Crippen LogP contribution in [-0.4, -0.2) is 17.9 Å². The Morgan fingerprint density at radius 3 is 2.26 bits per heavy atom. The molecule has 1 amide bonds. The number of carbonyl (C=O) groups is 1. The third-order valence-electron chi connectivity index (χ3n) is 6.61. The third kappa shape index (κ3) is 3.58. The normalized spacial score (nSPS) is 15.1. The molecule has 5 rings (SSSR count). The Hall–Kier alpha value is -3.86. The summed E-state index contributed by atoms with van der Waals surface area (Å²) in [6.45, 7) is 6.31. The highest BCUT2D eigenvalue weighted by molar-refractivity contribution is 5.99. The number of hydrogen-bond acceptors (Lipinski definition) is 4. The first-order valence-electron chi connectivity index (χ1n) is 11.5. The van der Waals surface area contributed by atoms with Crippen LogP contribution in [0.15, 0.2) is 69.9 Å². The molecule has 0 N–H and O–H groups in total. The lowest BCUT2D eigenvalue weighted by Crippen LogP contribution is -2.29. The SMILES string of the molecule is CCc1ccc(C2c3c(oc4c(C)cc(C)cc4c3=O)C(=O)N2Cc2ccc(OC)cc2)cc1. The summed E-state index contributed by atoms with van der Waals surface area (Å²) in [6.07, 6.45) is 0.918. The molecule has 1 aromatic heterocycles. The van der Waals surface area contributed by atoms with Crippen molar-refractivity contribution in [3.05, 3.63) is 110 Å². The van der Waals surface area contributed by atoms with Crippen molar-refractivity contribution in [1.29, 1.82) is 0 Å². The van der Waals surface area contributed by atoms with Gasteiger partial charge in [-0.25, -0.2) is 0 Å². The fourth-order valence-electron chi connectivity index (χ4n) is 4.85. The van der Waals surface area contributed by atoms with Crippen LogP contribution in [0.1, 0.15) is 56.9 Å². The molecule has 0 radical (unpaired) electrons. The molecule has 0 fully saturated rings. The average molecular weight is 454 g/mol. The minimum Gasteiger partial charge on any atom is -0.497 e. The quantitative estimate of drug-likeness (QED) is 0.387. The number of ether oxygens (including phenoxy) is 1. The van der Waals surface area contributed by atoms with Gasteiger partial charge >= 0.3 is 0 Å². The molecule has 2 heterocycles. The van der Waals surface area contributed by atoms with Crippen LogP contribution >= 0.6 is 0 Å². The van der Waals surface area contributed by atoms with E-state index in [1.54, 1.807) is 12.0 Å². The summed E-state index contributed by atoms with van der Waals surface area (Å²) in [5.74, 6) is 0.623. The number of benzene rings is 3. The van der Waals surface area contributed by atoms with E-state index >= 15 is 0 Å². The van der Waals surface area contributed by atoms with Gasteiger partial charge in [-0.05, 0) is 66.3 Å². The molecule has 34 heavy (non-hydrogen) atoms. The zero-order valence-corrected chi connectivity index (χ0v) is 19.8. The summed E-state index contributed by atoms with van der Waals surface area (Å²) >= 11 is 0. The first-order valence-corrected chi connectivity index (χ1v) is 11.5. The number of methoxy groups -OCH3 is 1. The maximum atomic E-state index is 13.8. The molecule has 0 saturated heterocycles. The van der Waals surface area contributed by atoms with Gasteiger partial charge in [0.25, 0.3) is 5.91 Å². The molecule has 1 aliphatic rings. The van der Waals surface area contributed by atoms with Crippen molar-refractivity contribution in [2.24, 2.45) is 0 Å². The lowest BCUT2D eigenvalue weighted by molar-refractivity contribution is 0.0714. The Kier molecular flexibility index (Phi) is 5.48. The molecule has 5 nitrogen and oxygen atoms in total. The molecule has 4 aromatic rings. The van der Waals surface area contributed by atoms with Crippen LogP contribution < -0.4 is 10.2 Å². The lowest BCUT2D eigenvalue weighted by atomic mass is 9.96. The minimum atomic E-state index is -0.517. The fourth-order valence-corrected chi connectivity index (χ4v) is 4.85. The molecule has 1 atom stereocenters. The second-order valence-electron chi connectivity index (χ2n) is 8.91. The highest BCUT2D eigenvalue weighted by Gasteiger charge is 2.42. The molecule has 0 saturated carbocycles. The fraction of sp³-hybridized carbons (Fsp3) is 0.241. The molecule has 0 spiro atoms. The summed E-state index contributed by atoms with van der Waals surface area (Å²) in [5.41, 5.74) is 5.63. The van der Waals surface area contributed by atoms with Gasteiger partial charge < -0.3 is 14.1 Å². The molecule has 3 aromatic carbocycles. The van der Waals surface area contributed by atoms with Crippen LogP contribution in [0.5, 0.6) is 5.75 Å². The van der Waals surface area contributed by atoms with Crippen LogP contribution in [0.2, 0.25) is 0 Å². The van der Waals surface area contributed by atoms with Gasteiger partial charge in [0.1, 0.15) is 11.3 Å². The van der Waals surface area contributed by atoms with E-state index < -0.39 is 6.04 Å². The Morgan fingerprint density at radius 1 is 0.941 bits per heavy atom. The number of carbonyl (C=O) groups excluding carboxylic acids is 1. The van der Waals surface area contributed by atoms with Gasteiger partial charge in [-0.3, -0.25) is 9.59 Å². The largest absolute Gasteiger partial charge is 0.497 e. The molecule has 0 bridgehead atoms. The van der Waals surface area contributed by atoms with Crippen LogP contribution in [0.3, 0.4) is 0 Å². The Balaban J connectivity index is 1.70. The van der Waals surface area contributed by atoms with Gasteiger partial charge in [-0.1, -0.05) is 49.4 Å². The van der Waals surface area contributed by atoms with Crippen molar-refractivity contribution in [3.8, 4) is 5.75 Å². The summed E-state index contributed by atoms with van der Waals surface area (Å²) in [5, 5.41) is 0.519. The third-order valence-corrected chi connectivity index (χ3v) is 6.61. The van der Waals surface area contributed by atoms with Gasteiger partial charge in [0.2, 0.25) is 5.76 Å². The summed E-state index contributed by atoms with van der Waals surface area (Å²) in [6, 6.07) is 19.1. The van der Waals surface area contributed by atoms with E-state index in [4.69, 9.17) is 9.15 Å². The molecular weight excluding hydrogens is 426 g/mol. The lowest BCUT2D eigenvalue weighted by Gasteiger charge is -2.25. The number of aryl methyl sites for hydroxylation is 3. The molecular formula is C29H27NO4. The van der Waals surface area contributed by atoms with Crippen molar-refractivity contribution in [1.82, 2.24) is 4.90 Å². The van der Waals surface area contributed by atoms with E-state index in [0.717, 1.165) is 34.4 Å². The maximum absolute atomic E-state index is 13.8. The number of amides is 1. The first-order chi connectivity index (χ1) is 16.4. The Bertz CT molecular complexity index is 1450. The molecule has 5 heteroatoms. The number of fused-ring (bicyclic) bond motifs is 2. The highest BCUT2D eigenvalue weighted by Crippen LogP contribution is 2.39. The predicted octanol–water partition coefficient (Wildman–Crippen LogP) is 5.73. The van der Waals surface area contributed by atoms with Crippen molar-refractivity contribution >= 4 is 16.9 Å². The van der Waals surface area contributed by atoms with Crippen molar-refractivity contribution in [3.63, 3.8) is 0 Å². The van der Waals surface area contributed by atoms with Gasteiger partial charge in [0, 0.05) is 6.54 Å². The Labute approximate surface area is 198 Å². The van der Waals surface area contributed by atoms with Gasteiger partial charge in [-0.15, -0.1) is 0 Å². The second-order valence-corrected chi connectivity index (χ2v) is 8.91. The summed E-state index contributed by atoms with van der Waals surface area (Å²) < 4.78 is 11.4. The Morgan fingerprint density at radius 2 is 1.62 bits per heavy atom. The van der Waals surface area contributed by atoms with Gasteiger partial charge in [0.05, 0.1) is 24.1 Å². The van der Waals surface area contributed by atoms with E-state index in [1.165, 1.54) is 5.56 Å². The van der Waals surface area contributed by atoms with E-state index in [9.17, 15) is 9.59 Å². The summed E-state index contributed by atoms with van der Waals surface area (Å²) in [4.78, 5) is 29.2. The summed E-state index contributed by atoms with van der Waals surface area (Å²) in [7, 11) is 1.62. The monoisotopic (exact) mass is 453 g/mol. The van der Waals surface area contributed by atoms with E-state index in [0.29, 0.717) is 23.1 Å². The smallest absolute Gasteiger partial charge is 0.291 e. The van der Waals surface area contributed by atoms with Crippen LogP contribution in [0.25, 0.3) is 11.0 Å². The molecule has 1 unspecified atom stereocenters. The highest BCUT2D eigenvalue weighted by atomic mass is 16.5. The minimum absolute atomic E-state index is 0.141. The van der Waals surface area contributed by atoms with E-state index in [1.807, 2.05) is 62.4 Å². The van der Waals surface area contributed by atoms with Gasteiger partial charge in [0.15, 0.2) is 5.43 Å². The first kappa shape index (κ1) is 22.0. The average Bonchev–Trinajstić information content (AvgIpc) is 3.12. The topological polar surface area (TPSA) is 59.8 Å². The number of nitrogens with zero attached hydrogens (tertiary/aromatic N) is 1. The molecule has 1 aliphatic heterocycles. The van der Waals surface area contributed by atoms with E-state index in [2.05, 4.69) is 19.1 Å². The standard InChI is InChI=1S/C29H27NO4/c1-5-19-6-10-21(11-7-19)25-24-26(31)23-15-17(2)14-18(3)27(23)34-28(24)29(32)30(25)16-20-8-12-22(33-4)13-9-20/h6-15,25H,5,16H2,1-4H3. The van der Waals surface area contributed by atoms with Gasteiger partial charge in [-0.2, -0.15) is 0 Å².